The highest BCUT2D eigenvalue weighted by molar-refractivity contribution is 5.76. The molecule has 114 valence electrons. The van der Waals surface area contributed by atoms with Crippen LogP contribution in [0.3, 0.4) is 0 Å². The second kappa shape index (κ2) is 7.11. The molecule has 21 heavy (non-hydrogen) atoms. The number of amides is 2. The van der Waals surface area contributed by atoms with Crippen LogP contribution in [0, 0.1) is 0 Å². The number of carbonyl (C=O) groups is 2. The predicted octanol–water partition coefficient (Wildman–Crippen LogP) is 2.10. The average Bonchev–Trinajstić information content (AvgIpc) is 2.79. The summed E-state index contributed by atoms with van der Waals surface area (Å²) in [5, 5.41) is 14.6. The highest BCUT2D eigenvalue weighted by Crippen LogP contribution is 2.21. The molecule has 0 aliphatic heterocycles. The van der Waals surface area contributed by atoms with E-state index in [1.165, 1.54) is 11.1 Å². The molecule has 2 rings (SSSR count). The maximum absolute atomic E-state index is 12.0. The van der Waals surface area contributed by atoms with Gasteiger partial charge in [-0.2, -0.15) is 0 Å². The Morgan fingerprint density at radius 2 is 1.90 bits per heavy atom. The summed E-state index contributed by atoms with van der Waals surface area (Å²) >= 11 is 0. The molecule has 0 heterocycles. The quantitative estimate of drug-likeness (QED) is 0.750. The number of urea groups is 1. The molecule has 0 saturated heterocycles. The van der Waals surface area contributed by atoms with E-state index in [1.54, 1.807) is 0 Å². The molecule has 1 unspecified atom stereocenters. The number of carboxylic acids is 1. The van der Waals surface area contributed by atoms with Crippen molar-refractivity contribution in [2.24, 2.45) is 0 Å². The molecule has 5 nitrogen and oxygen atoms in total. The van der Waals surface area contributed by atoms with Gasteiger partial charge in [0.25, 0.3) is 0 Å². The first kappa shape index (κ1) is 15.4. The van der Waals surface area contributed by atoms with Crippen LogP contribution in [0.2, 0.25) is 0 Å². The first-order valence-corrected chi connectivity index (χ1v) is 7.44. The van der Waals surface area contributed by atoms with Gasteiger partial charge in [0, 0.05) is 12.1 Å². The summed E-state index contributed by atoms with van der Waals surface area (Å²) in [6.45, 7) is 1.97. The maximum atomic E-state index is 12.0. The van der Waals surface area contributed by atoms with E-state index in [0.717, 1.165) is 19.3 Å². The molecule has 3 N–H and O–H groups in total. The second-order valence-electron chi connectivity index (χ2n) is 5.58. The van der Waals surface area contributed by atoms with Gasteiger partial charge in [-0.1, -0.05) is 37.6 Å². The van der Waals surface area contributed by atoms with Gasteiger partial charge < -0.3 is 15.7 Å². The van der Waals surface area contributed by atoms with Crippen molar-refractivity contribution < 1.29 is 14.7 Å². The van der Waals surface area contributed by atoms with Crippen LogP contribution >= 0.6 is 0 Å². The number of carbonyl (C=O) groups excluding carboxylic acids is 1. The fraction of sp³-hybridized carbons (Fsp3) is 0.500. The van der Waals surface area contributed by atoms with E-state index in [4.69, 9.17) is 5.11 Å². The van der Waals surface area contributed by atoms with Gasteiger partial charge in [-0.15, -0.1) is 0 Å². The molecule has 5 heteroatoms. The van der Waals surface area contributed by atoms with Gasteiger partial charge in [0.15, 0.2) is 0 Å². The van der Waals surface area contributed by atoms with Crippen LogP contribution in [0.1, 0.15) is 37.3 Å². The Morgan fingerprint density at radius 3 is 2.43 bits per heavy atom. The largest absolute Gasteiger partial charge is 0.481 e. The molecule has 1 aliphatic rings. The number of hydrogen-bond donors (Lipinski definition) is 3. The third kappa shape index (κ3) is 4.48. The van der Waals surface area contributed by atoms with Crippen molar-refractivity contribution in [1.82, 2.24) is 10.6 Å². The van der Waals surface area contributed by atoms with Crippen molar-refractivity contribution in [2.75, 3.05) is 0 Å². The second-order valence-corrected chi connectivity index (χ2v) is 5.58. The molecule has 1 atom stereocenters. The van der Waals surface area contributed by atoms with Crippen LogP contribution < -0.4 is 10.6 Å². The van der Waals surface area contributed by atoms with Gasteiger partial charge in [0.1, 0.15) is 0 Å². The maximum Gasteiger partial charge on any atom is 0.315 e. The number of aliphatic carboxylic acids is 1. The van der Waals surface area contributed by atoms with Crippen molar-refractivity contribution in [2.45, 2.75) is 51.1 Å². The Morgan fingerprint density at radius 1 is 1.29 bits per heavy atom. The SMILES string of the molecule is CCCC(CC(=O)O)NC(=O)NC1Cc2ccccc2C1. The lowest BCUT2D eigenvalue weighted by Crippen LogP contribution is -2.47. The molecule has 2 amide bonds. The number of nitrogens with one attached hydrogen (secondary N) is 2. The molecule has 0 aromatic heterocycles. The number of carboxylic acid groups (broad SMARTS) is 1. The van der Waals surface area contributed by atoms with Crippen LogP contribution in [-0.2, 0) is 17.6 Å². The summed E-state index contributed by atoms with van der Waals surface area (Å²) in [7, 11) is 0. The number of fused-ring (bicyclic) bond motifs is 1. The lowest BCUT2D eigenvalue weighted by molar-refractivity contribution is -0.137. The third-order valence-electron chi connectivity index (χ3n) is 3.78. The van der Waals surface area contributed by atoms with Gasteiger partial charge in [-0.3, -0.25) is 4.79 Å². The predicted molar refractivity (Wildman–Crippen MR) is 80.3 cm³/mol. The fourth-order valence-corrected chi connectivity index (χ4v) is 2.86. The molecule has 0 fully saturated rings. The van der Waals surface area contributed by atoms with Crippen molar-refractivity contribution in [3.8, 4) is 0 Å². The van der Waals surface area contributed by atoms with Crippen molar-refractivity contribution in [1.29, 1.82) is 0 Å². The number of hydrogen-bond acceptors (Lipinski definition) is 2. The summed E-state index contributed by atoms with van der Waals surface area (Å²) in [6, 6.07) is 7.69. The van der Waals surface area contributed by atoms with Crippen LogP contribution in [0.5, 0.6) is 0 Å². The monoisotopic (exact) mass is 290 g/mol. The zero-order chi connectivity index (χ0) is 15.2. The summed E-state index contributed by atoms with van der Waals surface area (Å²) < 4.78 is 0. The minimum Gasteiger partial charge on any atom is -0.481 e. The normalized spacial score (nSPS) is 15.3. The zero-order valence-electron chi connectivity index (χ0n) is 12.3. The van der Waals surface area contributed by atoms with Crippen molar-refractivity contribution >= 4 is 12.0 Å². The van der Waals surface area contributed by atoms with E-state index in [-0.39, 0.29) is 24.5 Å². The molecule has 0 spiro atoms. The fourth-order valence-electron chi connectivity index (χ4n) is 2.86. The smallest absolute Gasteiger partial charge is 0.315 e. The topological polar surface area (TPSA) is 78.4 Å². The van der Waals surface area contributed by atoms with E-state index in [2.05, 4.69) is 22.8 Å². The molecule has 0 bridgehead atoms. The zero-order valence-corrected chi connectivity index (χ0v) is 12.3. The highest BCUT2D eigenvalue weighted by Gasteiger charge is 2.23. The summed E-state index contributed by atoms with van der Waals surface area (Å²) in [5.41, 5.74) is 2.55. The lowest BCUT2D eigenvalue weighted by atomic mass is 10.1. The van der Waals surface area contributed by atoms with Crippen LogP contribution in [0.15, 0.2) is 24.3 Å². The highest BCUT2D eigenvalue weighted by atomic mass is 16.4. The van der Waals surface area contributed by atoms with Crippen LogP contribution in [-0.4, -0.2) is 29.2 Å². The van der Waals surface area contributed by atoms with E-state index in [9.17, 15) is 9.59 Å². The van der Waals surface area contributed by atoms with E-state index in [0.29, 0.717) is 6.42 Å². The first-order valence-electron chi connectivity index (χ1n) is 7.44. The average molecular weight is 290 g/mol. The summed E-state index contributed by atoms with van der Waals surface area (Å²) in [6.07, 6.45) is 3.14. The van der Waals surface area contributed by atoms with E-state index in [1.807, 2.05) is 19.1 Å². The summed E-state index contributed by atoms with van der Waals surface area (Å²) in [4.78, 5) is 22.8. The molecular weight excluding hydrogens is 268 g/mol. The number of benzene rings is 1. The molecule has 0 saturated carbocycles. The Kier molecular flexibility index (Phi) is 5.20. The van der Waals surface area contributed by atoms with Gasteiger partial charge in [-0.05, 0) is 30.4 Å². The molecule has 1 aliphatic carbocycles. The minimum atomic E-state index is -0.887. The molecule has 1 aromatic rings. The Hall–Kier alpha value is -2.04. The van der Waals surface area contributed by atoms with Gasteiger partial charge >= 0.3 is 12.0 Å². The third-order valence-corrected chi connectivity index (χ3v) is 3.78. The van der Waals surface area contributed by atoms with Crippen LogP contribution in [0.4, 0.5) is 4.79 Å². The van der Waals surface area contributed by atoms with Gasteiger partial charge in [0.05, 0.1) is 6.42 Å². The minimum absolute atomic E-state index is 0.0356. The van der Waals surface area contributed by atoms with Crippen molar-refractivity contribution in [3.05, 3.63) is 35.4 Å². The van der Waals surface area contributed by atoms with Gasteiger partial charge in [0.2, 0.25) is 0 Å². The Bertz CT molecular complexity index is 491. The first-order chi connectivity index (χ1) is 10.1. The number of rotatable bonds is 6. The molecular formula is C16H22N2O3. The molecule has 0 radical (unpaired) electrons. The Balaban J connectivity index is 1.83. The molecule has 1 aromatic carbocycles. The summed E-state index contributed by atoms with van der Waals surface area (Å²) in [5.74, 6) is -0.887. The van der Waals surface area contributed by atoms with E-state index >= 15 is 0 Å². The standard InChI is InChI=1S/C16H22N2O3/c1-2-5-13(10-15(19)20)17-16(21)18-14-8-11-6-3-4-7-12(11)9-14/h3-4,6-7,13-14H,2,5,8-10H2,1H3,(H,19,20)(H2,17,18,21). The lowest BCUT2D eigenvalue weighted by Gasteiger charge is -2.19. The van der Waals surface area contributed by atoms with E-state index < -0.39 is 5.97 Å². The van der Waals surface area contributed by atoms with Gasteiger partial charge in [-0.25, -0.2) is 4.79 Å². The van der Waals surface area contributed by atoms with Crippen molar-refractivity contribution in [3.63, 3.8) is 0 Å². The van der Waals surface area contributed by atoms with Crippen LogP contribution in [0.25, 0.3) is 0 Å². The Labute approximate surface area is 124 Å².